The lowest BCUT2D eigenvalue weighted by Gasteiger charge is -2.07. The molecular weight excluding hydrogens is 657 g/mol. The van der Waals surface area contributed by atoms with Gasteiger partial charge in [-0.3, -0.25) is 53.2 Å². The Bertz CT molecular complexity index is 657. The van der Waals surface area contributed by atoms with Gasteiger partial charge in [-0.1, -0.05) is 0 Å². The van der Waals surface area contributed by atoms with Gasteiger partial charge in [0.15, 0.2) is 0 Å². The fraction of sp³-hybridized carbons (Fsp3) is 1.00. The summed E-state index contributed by atoms with van der Waals surface area (Å²) >= 11 is 0. The normalized spacial score (nSPS) is 14.8. The van der Waals surface area contributed by atoms with Gasteiger partial charge in [-0.15, -0.1) is 25.2 Å². The molecule has 216 valence electrons. The van der Waals surface area contributed by atoms with Crippen molar-refractivity contribution in [3.05, 3.63) is 0 Å². The van der Waals surface area contributed by atoms with Crippen molar-refractivity contribution in [1.29, 1.82) is 0 Å². The van der Waals surface area contributed by atoms with Crippen molar-refractivity contribution >= 4 is 56.9 Å². The Hall–Kier alpha value is 0.870. The molecule has 0 aromatic carbocycles. The molecule has 0 heterocycles. The molecule has 10 N–H and O–H groups in total. The summed E-state index contributed by atoms with van der Waals surface area (Å²) < 4.78 is 124. The molecule has 34 heavy (non-hydrogen) atoms. The maximum absolute atomic E-state index is 11.5. The average molecular weight is 675 g/mol. The SMILES string of the molecule is CN(C)OP(=O)(O)F.O=P(O)(F)OP.O=P(O)(O)F.O=P(O)(O)F.O=P(O)(O)F.O=P(O)(O)F. The second kappa shape index (κ2) is 20.9. The van der Waals surface area contributed by atoms with Crippen LogP contribution in [0, 0.1) is 0 Å². The number of halogens is 6. The minimum atomic E-state index is -5.14. The summed E-state index contributed by atoms with van der Waals surface area (Å²) in [5.41, 5.74) is 0. The molecular formula is C2H18F6NO18P7. The summed E-state index contributed by atoms with van der Waals surface area (Å²) in [5.74, 6) is 0. The maximum atomic E-state index is 11.5. The van der Waals surface area contributed by atoms with E-state index in [9.17, 15) is 34.3 Å². The second-order valence-corrected chi connectivity index (χ2v) is 10.4. The molecule has 19 nitrogen and oxygen atoms in total. The lowest BCUT2D eigenvalue weighted by Crippen LogP contribution is -2.08. The van der Waals surface area contributed by atoms with E-state index in [1.807, 2.05) is 0 Å². The van der Waals surface area contributed by atoms with Crippen LogP contribution in [0.4, 0.5) is 25.2 Å². The van der Waals surface area contributed by atoms with Crippen molar-refractivity contribution in [1.82, 2.24) is 5.06 Å². The summed E-state index contributed by atoms with van der Waals surface area (Å²) in [6.07, 6.45) is 0. The van der Waals surface area contributed by atoms with Gasteiger partial charge in [-0.2, -0.15) is 9.69 Å². The minimum absolute atomic E-state index is 0.820. The van der Waals surface area contributed by atoms with E-state index in [1.54, 1.807) is 0 Å². The molecule has 0 radical (unpaired) electrons. The van der Waals surface area contributed by atoms with Crippen LogP contribution in [0.5, 0.6) is 0 Å². The summed E-state index contributed by atoms with van der Waals surface area (Å²) in [6.45, 7) is 0. The first-order valence-corrected chi connectivity index (χ1v) is 15.2. The molecule has 0 spiro atoms. The zero-order chi connectivity index (χ0) is 30.0. The Morgan fingerprint density at radius 2 is 0.647 bits per heavy atom. The van der Waals surface area contributed by atoms with Crippen LogP contribution in [0.15, 0.2) is 0 Å². The number of hydrogen-bond acceptors (Lipinski definition) is 9. The van der Waals surface area contributed by atoms with E-state index in [0.717, 1.165) is 5.06 Å². The largest absolute Gasteiger partial charge is 0.527 e. The highest BCUT2D eigenvalue weighted by molar-refractivity contribution is 7.51. The van der Waals surface area contributed by atoms with Crippen LogP contribution < -0.4 is 0 Å². The minimum Gasteiger partial charge on any atom is -0.299 e. The standard InChI is InChI=1S/C2H7FNO3P.FH3O3P2.4FH2O3P/c1-4(2)7-8(3,5)6;1-6(2,3)4-5;4*1-5(2,3)4/h1-2H3,(H,5,6);5H2,(H,2,3);4*(H2,2,3,4). The van der Waals surface area contributed by atoms with E-state index in [4.69, 9.17) is 67.2 Å². The molecule has 3 atom stereocenters. The van der Waals surface area contributed by atoms with Gasteiger partial charge in [-0.25, -0.2) is 27.4 Å². The van der Waals surface area contributed by atoms with Crippen molar-refractivity contribution < 1.29 is 110 Å². The maximum Gasteiger partial charge on any atom is 0.527 e. The van der Waals surface area contributed by atoms with Crippen molar-refractivity contribution in [3.8, 4) is 0 Å². The Labute approximate surface area is 187 Å². The predicted octanol–water partition coefficient (Wildman–Crippen LogP) is 1.61. The highest BCUT2D eigenvalue weighted by Gasteiger charge is 2.18. The van der Waals surface area contributed by atoms with Crippen LogP contribution >= 0.6 is 56.9 Å². The third-order valence-corrected chi connectivity index (χ3v) is 1.96. The molecule has 0 amide bonds. The van der Waals surface area contributed by atoms with Gasteiger partial charge in [0.1, 0.15) is 0 Å². The monoisotopic (exact) mass is 675 g/mol. The smallest absolute Gasteiger partial charge is 0.299 e. The second-order valence-electron chi connectivity index (χ2n) is 3.79. The molecule has 0 fully saturated rings. The number of nitrogens with zero attached hydrogens (tertiary/aromatic N) is 1. The lowest BCUT2D eigenvalue weighted by atomic mass is 11.2. The highest BCUT2D eigenvalue weighted by atomic mass is 31.2. The zero-order valence-electron chi connectivity index (χ0n) is 15.7. The Kier molecular flexibility index (Phi) is 29.5. The fourth-order valence-corrected chi connectivity index (χ4v) is 0.604. The first-order chi connectivity index (χ1) is 14.0. The van der Waals surface area contributed by atoms with E-state index in [0.29, 0.717) is 0 Å². The van der Waals surface area contributed by atoms with Crippen LogP contribution in [0.3, 0.4) is 0 Å². The first-order valence-electron chi connectivity index (χ1n) is 5.79. The summed E-state index contributed by atoms with van der Waals surface area (Å²) in [5, 5.41) is 0.820. The summed E-state index contributed by atoms with van der Waals surface area (Å²) in [4.78, 5) is 71.0. The van der Waals surface area contributed by atoms with Gasteiger partial charge in [0, 0.05) is 23.6 Å². The van der Waals surface area contributed by atoms with Crippen molar-refractivity contribution in [2.24, 2.45) is 0 Å². The first kappa shape index (κ1) is 48.0. The highest BCUT2D eigenvalue weighted by Crippen LogP contribution is 2.45. The third-order valence-electron chi connectivity index (χ3n) is 0.394. The van der Waals surface area contributed by atoms with Gasteiger partial charge >= 0.3 is 47.4 Å². The van der Waals surface area contributed by atoms with E-state index in [-0.39, 0.29) is 0 Å². The van der Waals surface area contributed by atoms with Crippen LogP contribution in [-0.2, 0) is 36.3 Å². The average Bonchev–Trinajstić information content (AvgIpc) is 2.26. The van der Waals surface area contributed by atoms with Gasteiger partial charge in [0.2, 0.25) is 0 Å². The van der Waals surface area contributed by atoms with Crippen LogP contribution in [0.2, 0.25) is 0 Å². The van der Waals surface area contributed by atoms with E-state index in [1.165, 1.54) is 23.6 Å². The van der Waals surface area contributed by atoms with Crippen molar-refractivity contribution in [3.63, 3.8) is 0 Å². The molecule has 0 aliphatic heterocycles. The van der Waals surface area contributed by atoms with Crippen LogP contribution in [0.25, 0.3) is 0 Å². The fourth-order valence-electron chi connectivity index (χ4n) is 0.201. The van der Waals surface area contributed by atoms with Crippen molar-refractivity contribution in [2.75, 3.05) is 14.1 Å². The van der Waals surface area contributed by atoms with Gasteiger partial charge < -0.3 is 0 Å². The molecule has 0 aliphatic carbocycles. The molecule has 0 aliphatic rings. The summed E-state index contributed by atoms with van der Waals surface area (Å²) in [6, 6.07) is 0. The molecule has 0 aromatic rings. The molecule has 32 heteroatoms. The van der Waals surface area contributed by atoms with Crippen LogP contribution in [0.1, 0.15) is 0 Å². The van der Waals surface area contributed by atoms with E-state index >= 15 is 0 Å². The number of hydrogen-bond donors (Lipinski definition) is 10. The third kappa shape index (κ3) is 424. The Morgan fingerprint density at radius 3 is 0.647 bits per heavy atom. The molecule has 0 rings (SSSR count). The molecule has 0 aromatic heterocycles. The molecule has 0 saturated carbocycles. The van der Waals surface area contributed by atoms with E-state index in [2.05, 4.69) is 8.94 Å². The van der Waals surface area contributed by atoms with Gasteiger partial charge in [0.05, 0.1) is 0 Å². The zero-order valence-corrected chi connectivity index (χ0v) is 22.2. The summed E-state index contributed by atoms with van der Waals surface area (Å²) in [7, 11) is -26.1. The molecule has 0 bridgehead atoms. The van der Waals surface area contributed by atoms with E-state index < -0.39 is 47.4 Å². The Morgan fingerprint density at radius 1 is 0.529 bits per heavy atom. The van der Waals surface area contributed by atoms with Crippen LogP contribution in [-0.4, -0.2) is 68.1 Å². The quantitative estimate of drug-likeness (QED) is 0.115. The lowest BCUT2D eigenvalue weighted by molar-refractivity contribution is -0.0251. The molecule has 3 unspecified atom stereocenters. The number of hydroxylamine groups is 2. The number of rotatable bonds is 3. The van der Waals surface area contributed by atoms with Gasteiger partial charge in [0.25, 0.3) is 0 Å². The molecule has 0 saturated heterocycles. The van der Waals surface area contributed by atoms with Gasteiger partial charge in [-0.05, 0) is 0 Å². The topological polar surface area (TPSA) is 326 Å². The Balaban J connectivity index is -0.0000000700. The predicted molar refractivity (Wildman–Crippen MR) is 100 cm³/mol. The van der Waals surface area contributed by atoms with Crippen molar-refractivity contribution in [2.45, 2.75) is 0 Å².